The molecule has 0 spiro atoms. The first-order valence-corrected chi connectivity index (χ1v) is 8.69. The zero-order chi connectivity index (χ0) is 22.0. The van der Waals surface area contributed by atoms with Gasteiger partial charge in [0.25, 0.3) is 0 Å². The Morgan fingerprint density at radius 2 is 1.45 bits per heavy atom. The topological polar surface area (TPSA) is 172 Å². The molecule has 0 aromatic rings. The summed E-state index contributed by atoms with van der Waals surface area (Å²) >= 11 is 0. The van der Waals surface area contributed by atoms with Gasteiger partial charge in [-0.3, -0.25) is 24.6 Å². The first kappa shape index (κ1) is 24.2. The molecule has 1 saturated heterocycles. The second-order valence-electron chi connectivity index (χ2n) is 5.98. The number of hydrazine groups is 1. The predicted molar refractivity (Wildman–Crippen MR) is 90.2 cm³/mol. The highest BCUT2D eigenvalue weighted by molar-refractivity contribution is 5.68. The van der Waals surface area contributed by atoms with E-state index in [1.165, 1.54) is 6.92 Å². The van der Waals surface area contributed by atoms with Crippen LogP contribution in [-0.2, 0) is 47.6 Å². The van der Waals surface area contributed by atoms with Crippen molar-refractivity contribution < 1.29 is 52.8 Å². The summed E-state index contributed by atoms with van der Waals surface area (Å²) in [6.45, 7) is 4.32. The minimum Gasteiger partial charge on any atom is -0.463 e. The van der Waals surface area contributed by atoms with Crippen molar-refractivity contribution in [3.63, 3.8) is 0 Å². The number of rotatable bonds is 10. The maximum Gasteiger partial charge on any atom is 0.303 e. The summed E-state index contributed by atoms with van der Waals surface area (Å²) < 4.78 is 31.8. The lowest BCUT2D eigenvalue weighted by molar-refractivity contribution is -0.549. The van der Waals surface area contributed by atoms with Crippen LogP contribution in [-0.4, -0.2) is 74.3 Å². The molecule has 0 aliphatic carbocycles. The van der Waals surface area contributed by atoms with Crippen LogP contribution >= 0.6 is 0 Å². The van der Waals surface area contributed by atoms with Gasteiger partial charge in [-0.25, -0.2) is 0 Å². The van der Waals surface area contributed by atoms with Crippen LogP contribution in [0, 0.1) is 0 Å². The van der Waals surface area contributed by atoms with E-state index in [-0.39, 0.29) is 19.8 Å². The third kappa shape index (κ3) is 8.39. The molecule has 1 heterocycles. The van der Waals surface area contributed by atoms with Crippen LogP contribution in [0.2, 0.25) is 0 Å². The highest BCUT2D eigenvalue weighted by Gasteiger charge is 2.52. The fraction of sp³-hybridized carbons (Fsp3) is 0.750. The van der Waals surface area contributed by atoms with Crippen LogP contribution in [0.15, 0.2) is 0 Å². The molecular weight excluding hydrogens is 394 g/mol. The normalized spacial score (nSPS) is 26.0. The molecule has 0 aromatic carbocycles. The quantitative estimate of drug-likeness (QED) is 0.128. The van der Waals surface area contributed by atoms with Crippen molar-refractivity contribution in [3.05, 3.63) is 5.53 Å². The Labute approximate surface area is 166 Å². The fourth-order valence-electron chi connectivity index (χ4n) is 2.60. The van der Waals surface area contributed by atoms with Gasteiger partial charge < -0.3 is 28.4 Å². The summed E-state index contributed by atoms with van der Waals surface area (Å²) in [4.78, 5) is 46.0. The Hall–Kier alpha value is -2.80. The molecule has 1 aliphatic rings. The van der Waals surface area contributed by atoms with Gasteiger partial charge in [0, 0.05) is 34.2 Å². The van der Waals surface area contributed by atoms with Crippen molar-refractivity contribution in [3.8, 4) is 0 Å². The van der Waals surface area contributed by atoms with Gasteiger partial charge in [0.1, 0.15) is 12.7 Å². The van der Waals surface area contributed by atoms with E-state index in [4.69, 9.17) is 34.0 Å². The van der Waals surface area contributed by atoms with Gasteiger partial charge >= 0.3 is 23.9 Å². The van der Waals surface area contributed by atoms with Crippen LogP contribution in [0.3, 0.4) is 0 Å². The molecule has 13 heteroatoms. The van der Waals surface area contributed by atoms with E-state index < -0.39 is 54.6 Å². The largest absolute Gasteiger partial charge is 0.463 e. The monoisotopic (exact) mass is 419 g/mol. The fourth-order valence-corrected chi connectivity index (χ4v) is 2.60. The van der Waals surface area contributed by atoms with E-state index in [1.54, 1.807) is 5.22 Å². The maximum absolute atomic E-state index is 11.6. The Bertz CT molecular complexity index is 614. The second kappa shape index (κ2) is 11.9. The molecule has 0 aromatic heterocycles. The zero-order valence-corrected chi connectivity index (χ0v) is 16.5. The number of nitrogens with one attached hydrogen (secondary N) is 2. The van der Waals surface area contributed by atoms with Crippen molar-refractivity contribution in [2.24, 2.45) is 0 Å². The van der Waals surface area contributed by atoms with Gasteiger partial charge in [-0.2, -0.15) is 10.8 Å². The molecule has 0 amide bonds. The Morgan fingerprint density at radius 3 is 1.97 bits per heavy atom. The molecule has 29 heavy (non-hydrogen) atoms. The lowest BCUT2D eigenvalue weighted by Crippen LogP contribution is -2.76. The molecule has 2 N–H and O–H groups in total. The Morgan fingerprint density at radius 1 is 0.897 bits per heavy atom. The first-order chi connectivity index (χ1) is 13.6. The molecule has 0 bridgehead atoms. The smallest absolute Gasteiger partial charge is 0.303 e. The predicted octanol–water partition coefficient (Wildman–Crippen LogP) is -2.31. The first-order valence-electron chi connectivity index (χ1n) is 8.69. The zero-order valence-electron chi connectivity index (χ0n) is 16.5. The van der Waals surface area contributed by atoms with Crippen LogP contribution in [0.1, 0.15) is 27.7 Å². The number of hydrogen-bond acceptors (Lipinski definition) is 10. The van der Waals surface area contributed by atoms with Gasteiger partial charge in [0.05, 0.1) is 6.61 Å². The Kier molecular flexibility index (Phi) is 9.96. The van der Waals surface area contributed by atoms with E-state index in [2.05, 4.69) is 5.43 Å². The van der Waals surface area contributed by atoms with Gasteiger partial charge in [0.15, 0.2) is 24.6 Å². The number of hydrogen-bond donors (Lipinski definition) is 2. The minimum atomic E-state index is -1.29. The van der Waals surface area contributed by atoms with E-state index in [0.717, 1.165) is 20.8 Å². The average molecular weight is 419 g/mol. The molecule has 164 valence electrons. The molecule has 5 atom stereocenters. The highest BCUT2D eigenvalue weighted by Crippen LogP contribution is 2.29. The lowest BCUT2D eigenvalue weighted by Gasteiger charge is -2.44. The van der Waals surface area contributed by atoms with Crippen molar-refractivity contribution in [1.29, 1.82) is 0 Å². The van der Waals surface area contributed by atoms with Crippen molar-refractivity contribution in [1.82, 2.24) is 5.43 Å². The van der Waals surface area contributed by atoms with Gasteiger partial charge in [-0.1, -0.05) is 0 Å². The van der Waals surface area contributed by atoms with Crippen LogP contribution in [0.4, 0.5) is 0 Å². The van der Waals surface area contributed by atoms with E-state index >= 15 is 0 Å². The summed E-state index contributed by atoms with van der Waals surface area (Å²) in [5, 5.41) is 1.71. The van der Waals surface area contributed by atoms with Crippen molar-refractivity contribution in [2.75, 3.05) is 19.8 Å². The maximum atomic E-state index is 11.6. The molecule has 0 unspecified atom stereocenters. The number of esters is 4. The summed E-state index contributed by atoms with van der Waals surface area (Å²) in [7, 11) is 0. The highest BCUT2D eigenvalue weighted by atomic mass is 16.7. The molecule has 1 aliphatic heterocycles. The number of carbonyl (C=O) groups excluding carboxylic acids is 4. The van der Waals surface area contributed by atoms with Crippen LogP contribution < -0.4 is 10.6 Å². The summed E-state index contributed by atoms with van der Waals surface area (Å²) in [6, 6.07) is 0. The van der Waals surface area contributed by atoms with Crippen LogP contribution in [0.5, 0.6) is 0 Å². The molecular formula is C16H25N3O10. The van der Waals surface area contributed by atoms with E-state index in [0.29, 0.717) is 0 Å². The van der Waals surface area contributed by atoms with Crippen molar-refractivity contribution in [2.45, 2.75) is 58.4 Å². The minimum absolute atomic E-state index is 0.0265. The standard InChI is InChI=1S/C16H25N3O10/c1-8(20)25-7-12-13(26-9(2)21)14(27-10(3)22)15(28-11(4)23)16(29-12)24-6-5-18-19-17/h12-16,19H,5-7H2,1-4H3,(H-,17,18)/t12-,13-,14-,15-,16+/m0/s1. The molecule has 0 radical (unpaired) electrons. The summed E-state index contributed by atoms with van der Waals surface area (Å²) in [6.07, 6.45) is -6.14. The third-order valence-corrected chi connectivity index (χ3v) is 3.54. The number of carbonyl (C=O) groups is 4. The van der Waals surface area contributed by atoms with Gasteiger partial charge in [-0.05, 0) is 0 Å². The molecule has 1 rings (SSSR count). The second-order valence-corrected chi connectivity index (χ2v) is 5.98. The Balaban J connectivity index is 3.19. The van der Waals surface area contributed by atoms with Crippen LogP contribution in [0.25, 0.3) is 5.53 Å². The van der Waals surface area contributed by atoms with E-state index in [9.17, 15) is 19.2 Å². The summed E-state index contributed by atoms with van der Waals surface area (Å²) in [5.41, 5.74) is 10.9. The van der Waals surface area contributed by atoms with E-state index in [1.807, 2.05) is 0 Å². The molecule has 13 nitrogen and oxygen atoms in total. The molecule has 1 fully saturated rings. The average Bonchev–Trinajstić information content (AvgIpc) is 2.60. The summed E-state index contributed by atoms with van der Waals surface area (Å²) in [5.74, 6) is -2.79. The third-order valence-electron chi connectivity index (χ3n) is 3.54. The van der Waals surface area contributed by atoms with Gasteiger partial charge in [0.2, 0.25) is 0 Å². The molecule has 0 saturated carbocycles. The van der Waals surface area contributed by atoms with Gasteiger partial charge in [-0.15, -0.1) is 0 Å². The number of ether oxygens (including phenoxy) is 6. The number of nitrogens with zero attached hydrogens (tertiary/aromatic N) is 1. The lowest BCUT2D eigenvalue weighted by atomic mass is 9.98. The SMILES string of the molecule is CC(=O)OC[C@@H]1O[C@@H](OCCN[NH+]=[N-])[C@@H](OC(C)=O)[C@@H](OC(C)=O)[C@H]1OC(C)=O. The van der Waals surface area contributed by atoms with Crippen molar-refractivity contribution >= 4 is 23.9 Å².